The number of benzene rings is 1. The number of ether oxygens (including phenoxy) is 1. The van der Waals surface area contributed by atoms with E-state index in [2.05, 4.69) is 15.5 Å². The minimum atomic E-state index is -0.465. The lowest BCUT2D eigenvalue weighted by Crippen LogP contribution is -2.28. The van der Waals surface area contributed by atoms with Gasteiger partial charge in [0.05, 0.1) is 20.2 Å². The Bertz CT molecular complexity index is 611. The summed E-state index contributed by atoms with van der Waals surface area (Å²) in [7, 11) is 1.45. The molecule has 0 aliphatic heterocycles. The predicted molar refractivity (Wildman–Crippen MR) is 68.9 cm³/mol. The van der Waals surface area contributed by atoms with Crippen LogP contribution >= 0.6 is 0 Å². The summed E-state index contributed by atoms with van der Waals surface area (Å²) in [5.74, 6) is 0.573. The van der Waals surface area contributed by atoms with Gasteiger partial charge in [-0.15, -0.1) is 0 Å². The van der Waals surface area contributed by atoms with Gasteiger partial charge in [-0.25, -0.2) is 0 Å². The normalized spacial score (nSPS) is 10.4. The van der Waals surface area contributed by atoms with E-state index >= 15 is 0 Å². The molecule has 2 aromatic rings. The lowest BCUT2D eigenvalue weighted by molar-refractivity contribution is -0.117. The Morgan fingerprint density at radius 2 is 2.35 bits per heavy atom. The molecule has 4 N–H and O–H groups in total. The third kappa shape index (κ3) is 3.23. The van der Waals surface area contributed by atoms with Crippen LogP contribution in [0.5, 0.6) is 11.5 Å². The zero-order valence-electron chi connectivity index (χ0n) is 10.8. The van der Waals surface area contributed by atoms with Gasteiger partial charge in [-0.1, -0.05) is 5.16 Å². The average Bonchev–Trinajstić information content (AvgIpc) is 2.87. The van der Waals surface area contributed by atoms with E-state index in [9.17, 15) is 9.90 Å². The van der Waals surface area contributed by atoms with Gasteiger partial charge in [-0.05, 0) is 18.2 Å². The molecular weight excluding hydrogens is 264 g/mol. The van der Waals surface area contributed by atoms with Crippen LogP contribution < -0.4 is 15.8 Å². The van der Waals surface area contributed by atoms with Gasteiger partial charge in [0.15, 0.2) is 11.5 Å². The molecule has 1 amide bonds. The van der Waals surface area contributed by atoms with Gasteiger partial charge in [-0.2, -0.15) is 4.98 Å². The van der Waals surface area contributed by atoms with Crippen molar-refractivity contribution in [1.82, 2.24) is 15.5 Å². The Labute approximate surface area is 114 Å². The van der Waals surface area contributed by atoms with Crippen molar-refractivity contribution in [3.8, 4) is 22.9 Å². The number of nitrogens with two attached hydrogens (primary N) is 1. The SMILES string of the molecule is COc1cc(-c2noc(CNCC(N)=O)n2)ccc1O. The van der Waals surface area contributed by atoms with Gasteiger partial charge in [0.25, 0.3) is 0 Å². The predicted octanol–water partition coefficient (Wildman–Crippen LogP) is 0.0257. The van der Waals surface area contributed by atoms with Crippen molar-refractivity contribution in [3.63, 3.8) is 0 Å². The summed E-state index contributed by atoms with van der Waals surface area (Å²) in [5.41, 5.74) is 5.64. The van der Waals surface area contributed by atoms with Gasteiger partial charge in [0.2, 0.25) is 17.6 Å². The molecule has 0 fully saturated rings. The summed E-state index contributed by atoms with van der Waals surface area (Å²) in [5, 5.41) is 16.1. The number of rotatable bonds is 6. The zero-order valence-corrected chi connectivity index (χ0v) is 10.8. The fraction of sp³-hybridized carbons (Fsp3) is 0.250. The first-order valence-electron chi connectivity index (χ1n) is 5.79. The van der Waals surface area contributed by atoms with Crippen molar-refractivity contribution in [2.45, 2.75) is 6.54 Å². The van der Waals surface area contributed by atoms with E-state index in [0.717, 1.165) is 0 Å². The van der Waals surface area contributed by atoms with E-state index in [4.69, 9.17) is 15.0 Å². The van der Waals surface area contributed by atoms with Crippen LogP contribution in [0.2, 0.25) is 0 Å². The number of nitrogens with one attached hydrogen (secondary N) is 1. The molecule has 20 heavy (non-hydrogen) atoms. The molecule has 2 rings (SSSR count). The molecule has 106 valence electrons. The van der Waals surface area contributed by atoms with Gasteiger partial charge in [-0.3, -0.25) is 10.1 Å². The lowest BCUT2D eigenvalue weighted by Gasteiger charge is -2.03. The third-order valence-electron chi connectivity index (χ3n) is 2.48. The van der Waals surface area contributed by atoms with Gasteiger partial charge >= 0.3 is 0 Å². The highest BCUT2D eigenvalue weighted by atomic mass is 16.5. The average molecular weight is 278 g/mol. The van der Waals surface area contributed by atoms with Crippen LogP contribution in [0.1, 0.15) is 5.89 Å². The molecule has 1 aromatic carbocycles. The van der Waals surface area contributed by atoms with Crippen molar-refractivity contribution in [2.75, 3.05) is 13.7 Å². The zero-order chi connectivity index (χ0) is 14.5. The Morgan fingerprint density at radius 3 is 3.05 bits per heavy atom. The maximum Gasteiger partial charge on any atom is 0.240 e. The van der Waals surface area contributed by atoms with E-state index in [1.807, 2.05) is 0 Å². The molecule has 0 saturated heterocycles. The number of carbonyl (C=O) groups is 1. The second-order valence-corrected chi connectivity index (χ2v) is 3.97. The van der Waals surface area contributed by atoms with Crippen LogP contribution in [0.25, 0.3) is 11.4 Å². The molecule has 0 saturated carbocycles. The lowest BCUT2D eigenvalue weighted by atomic mass is 10.2. The third-order valence-corrected chi connectivity index (χ3v) is 2.48. The summed E-state index contributed by atoms with van der Waals surface area (Å²) in [6, 6.07) is 4.72. The number of hydrogen-bond acceptors (Lipinski definition) is 7. The number of aromatic hydroxyl groups is 1. The van der Waals surface area contributed by atoms with Crippen LogP contribution in [0.3, 0.4) is 0 Å². The molecule has 8 heteroatoms. The van der Waals surface area contributed by atoms with Gasteiger partial charge in [0, 0.05) is 5.56 Å². The number of nitrogens with zero attached hydrogens (tertiary/aromatic N) is 2. The monoisotopic (exact) mass is 278 g/mol. The Morgan fingerprint density at radius 1 is 1.55 bits per heavy atom. The second kappa shape index (κ2) is 6.02. The highest BCUT2D eigenvalue weighted by Crippen LogP contribution is 2.30. The summed E-state index contributed by atoms with van der Waals surface area (Å²) in [6.45, 7) is 0.274. The van der Waals surface area contributed by atoms with Crippen molar-refractivity contribution < 1.29 is 19.2 Å². The smallest absolute Gasteiger partial charge is 0.240 e. The second-order valence-electron chi connectivity index (χ2n) is 3.97. The maximum atomic E-state index is 10.6. The van der Waals surface area contributed by atoms with E-state index in [1.54, 1.807) is 12.1 Å². The van der Waals surface area contributed by atoms with E-state index in [0.29, 0.717) is 23.0 Å². The fourth-order valence-electron chi connectivity index (χ4n) is 1.55. The molecule has 0 atom stereocenters. The molecule has 0 aliphatic rings. The van der Waals surface area contributed by atoms with E-state index in [1.165, 1.54) is 13.2 Å². The van der Waals surface area contributed by atoms with Gasteiger partial charge in [0.1, 0.15) is 0 Å². The molecule has 0 bridgehead atoms. The molecule has 8 nitrogen and oxygen atoms in total. The Balaban J connectivity index is 2.10. The summed E-state index contributed by atoms with van der Waals surface area (Å²) < 4.78 is 10.0. The summed E-state index contributed by atoms with van der Waals surface area (Å²) in [6.07, 6.45) is 0. The van der Waals surface area contributed by atoms with Crippen molar-refractivity contribution in [2.24, 2.45) is 5.73 Å². The highest BCUT2D eigenvalue weighted by molar-refractivity contribution is 5.75. The van der Waals surface area contributed by atoms with Crippen LogP contribution in [0.15, 0.2) is 22.7 Å². The van der Waals surface area contributed by atoms with Crippen LogP contribution in [0.4, 0.5) is 0 Å². The van der Waals surface area contributed by atoms with Crippen LogP contribution in [-0.2, 0) is 11.3 Å². The van der Waals surface area contributed by atoms with E-state index < -0.39 is 5.91 Å². The number of methoxy groups -OCH3 is 1. The Hall–Kier alpha value is -2.61. The number of aromatic nitrogens is 2. The van der Waals surface area contributed by atoms with E-state index in [-0.39, 0.29) is 18.8 Å². The quantitative estimate of drug-likeness (QED) is 0.680. The molecule has 1 heterocycles. The number of phenolic OH excluding ortho intramolecular Hbond substituents is 1. The largest absolute Gasteiger partial charge is 0.504 e. The van der Waals surface area contributed by atoms with Crippen molar-refractivity contribution in [1.29, 1.82) is 0 Å². The number of amides is 1. The van der Waals surface area contributed by atoms with Crippen LogP contribution in [-0.4, -0.2) is 34.8 Å². The topological polar surface area (TPSA) is 124 Å². The molecule has 0 radical (unpaired) electrons. The van der Waals surface area contributed by atoms with Gasteiger partial charge < -0.3 is 20.1 Å². The fourth-order valence-corrected chi connectivity index (χ4v) is 1.55. The first-order chi connectivity index (χ1) is 9.60. The number of hydrogen-bond donors (Lipinski definition) is 3. The maximum absolute atomic E-state index is 10.6. The number of primary amides is 1. The number of carbonyl (C=O) groups excluding carboxylic acids is 1. The first kappa shape index (κ1) is 13.8. The minimum absolute atomic E-state index is 0.0306. The molecule has 0 aliphatic carbocycles. The summed E-state index contributed by atoms with van der Waals surface area (Å²) in [4.78, 5) is 14.7. The molecule has 0 unspecified atom stereocenters. The molecular formula is C12H14N4O4. The number of phenols is 1. The van der Waals surface area contributed by atoms with Crippen molar-refractivity contribution >= 4 is 5.91 Å². The highest BCUT2D eigenvalue weighted by Gasteiger charge is 2.11. The standard InChI is InChI=1S/C12H14N4O4/c1-19-9-4-7(2-3-8(9)17)12-15-11(20-16-12)6-14-5-10(13)18/h2-4,14,17H,5-6H2,1H3,(H2,13,18). The van der Waals surface area contributed by atoms with Crippen molar-refractivity contribution in [3.05, 3.63) is 24.1 Å². The first-order valence-corrected chi connectivity index (χ1v) is 5.79. The molecule has 1 aromatic heterocycles. The Kier molecular flexibility index (Phi) is 4.16. The van der Waals surface area contributed by atoms with Crippen LogP contribution in [0, 0.1) is 0 Å². The summed E-state index contributed by atoms with van der Waals surface area (Å²) >= 11 is 0. The minimum Gasteiger partial charge on any atom is -0.504 e. The molecule has 0 spiro atoms.